The smallest absolute Gasteiger partial charge is 0.338 e. The molecule has 1 aromatic rings. The van der Waals surface area contributed by atoms with Gasteiger partial charge in [-0.05, 0) is 12.1 Å². The SMILES string of the molecule is O=C1CC(OC(=O)c2ccccc2)CO1. The van der Waals surface area contributed by atoms with E-state index in [-0.39, 0.29) is 19.0 Å². The van der Waals surface area contributed by atoms with Gasteiger partial charge in [0.2, 0.25) is 0 Å². The lowest BCUT2D eigenvalue weighted by atomic mass is 10.2. The summed E-state index contributed by atoms with van der Waals surface area (Å²) in [5, 5.41) is 0. The van der Waals surface area contributed by atoms with Gasteiger partial charge in [-0.3, -0.25) is 4.79 Å². The predicted molar refractivity (Wildman–Crippen MR) is 51.2 cm³/mol. The number of benzene rings is 1. The second kappa shape index (κ2) is 4.13. The van der Waals surface area contributed by atoms with Crippen LogP contribution in [0.4, 0.5) is 0 Å². The monoisotopic (exact) mass is 206 g/mol. The third kappa shape index (κ3) is 2.34. The molecule has 4 heteroatoms. The summed E-state index contributed by atoms with van der Waals surface area (Å²) < 4.78 is 9.77. The fourth-order valence-electron chi connectivity index (χ4n) is 1.36. The summed E-state index contributed by atoms with van der Waals surface area (Å²) >= 11 is 0. The Hall–Kier alpha value is -1.84. The summed E-state index contributed by atoms with van der Waals surface area (Å²) in [6.45, 7) is 0.164. The van der Waals surface area contributed by atoms with Crippen molar-refractivity contribution in [1.29, 1.82) is 0 Å². The molecule has 0 N–H and O–H groups in total. The van der Waals surface area contributed by atoms with Crippen molar-refractivity contribution in [3.8, 4) is 0 Å². The third-order valence-corrected chi connectivity index (χ3v) is 2.11. The van der Waals surface area contributed by atoms with Gasteiger partial charge in [0.25, 0.3) is 0 Å². The van der Waals surface area contributed by atoms with Crippen molar-refractivity contribution in [3.05, 3.63) is 35.9 Å². The minimum absolute atomic E-state index is 0.151. The van der Waals surface area contributed by atoms with Gasteiger partial charge in [-0.25, -0.2) is 4.79 Å². The van der Waals surface area contributed by atoms with Crippen molar-refractivity contribution in [2.75, 3.05) is 6.61 Å². The van der Waals surface area contributed by atoms with Gasteiger partial charge in [-0.1, -0.05) is 18.2 Å². The summed E-state index contributed by atoms with van der Waals surface area (Å²) in [5.74, 6) is -0.736. The number of hydrogen-bond donors (Lipinski definition) is 0. The molecule has 1 heterocycles. The maximum absolute atomic E-state index is 11.5. The molecular formula is C11H10O4. The van der Waals surface area contributed by atoms with E-state index >= 15 is 0 Å². The number of ether oxygens (including phenoxy) is 2. The summed E-state index contributed by atoms with van der Waals surface area (Å²) in [5.41, 5.74) is 0.483. The fraction of sp³-hybridized carbons (Fsp3) is 0.273. The van der Waals surface area contributed by atoms with Crippen LogP contribution in [0.5, 0.6) is 0 Å². The minimum Gasteiger partial charge on any atom is -0.462 e. The second-order valence-corrected chi connectivity index (χ2v) is 3.28. The first kappa shape index (κ1) is 9.71. The number of carbonyl (C=O) groups excluding carboxylic acids is 2. The highest BCUT2D eigenvalue weighted by atomic mass is 16.6. The number of cyclic esters (lactones) is 1. The standard InChI is InChI=1S/C11H10O4/c12-10-6-9(7-14-10)15-11(13)8-4-2-1-3-5-8/h1-5,9H,6-7H2. The van der Waals surface area contributed by atoms with Gasteiger partial charge in [0.15, 0.2) is 0 Å². The van der Waals surface area contributed by atoms with Crippen LogP contribution in [0.25, 0.3) is 0 Å². The molecule has 0 saturated carbocycles. The molecule has 4 nitrogen and oxygen atoms in total. The van der Waals surface area contributed by atoms with Crippen LogP contribution in [0.15, 0.2) is 30.3 Å². The molecule has 0 spiro atoms. The molecule has 0 radical (unpaired) electrons. The number of carbonyl (C=O) groups is 2. The zero-order chi connectivity index (χ0) is 10.7. The van der Waals surface area contributed by atoms with Crippen molar-refractivity contribution in [2.45, 2.75) is 12.5 Å². The first-order valence-electron chi connectivity index (χ1n) is 4.67. The van der Waals surface area contributed by atoms with E-state index in [1.54, 1.807) is 24.3 Å². The minimum atomic E-state index is -0.440. The molecule has 1 aliphatic heterocycles. The zero-order valence-electron chi connectivity index (χ0n) is 8.01. The number of rotatable bonds is 2. The maximum atomic E-state index is 11.5. The van der Waals surface area contributed by atoms with Crippen LogP contribution in [0.1, 0.15) is 16.8 Å². The molecule has 15 heavy (non-hydrogen) atoms. The molecule has 1 saturated heterocycles. The Morgan fingerprint density at radius 1 is 1.33 bits per heavy atom. The van der Waals surface area contributed by atoms with Crippen LogP contribution < -0.4 is 0 Å². The van der Waals surface area contributed by atoms with Crippen LogP contribution in [-0.2, 0) is 14.3 Å². The normalized spacial score (nSPS) is 19.7. The van der Waals surface area contributed by atoms with E-state index < -0.39 is 12.1 Å². The summed E-state index contributed by atoms with van der Waals surface area (Å²) in [4.78, 5) is 22.3. The van der Waals surface area contributed by atoms with E-state index in [1.807, 2.05) is 6.07 Å². The van der Waals surface area contributed by atoms with E-state index in [4.69, 9.17) is 4.74 Å². The number of hydrogen-bond acceptors (Lipinski definition) is 4. The van der Waals surface area contributed by atoms with Gasteiger partial charge >= 0.3 is 11.9 Å². The Labute approximate surface area is 86.8 Å². The molecule has 0 amide bonds. The van der Waals surface area contributed by atoms with E-state index in [0.29, 0.717) is 5.56 Å². The van der Waals surface area contributed by atoms with Gasteiger partial charge < -0.3 is 9.47 Å². The highest BCUT2D eigenvalue weighted by molar-refractivity contribution is 5.89. The second-order valence-electron chi connectivity index (χ2n) is 3.28. The van der Waals surface area contributed by atoms with Crippen LogP contribution in [0, 0.1) is 0 Å². The van der Waals surface area contributed by atoms with E-state index in [0.717, 1.165) is 0 Å². The third-order valence-electron chi connectivity index (χ3n) is 2.11. The lowest BCUT2D eigenvalue weighted by Crippen LogP contribution is -2.18. The Balaban J connectivity index is 1.96. The molecule has 0 aromatic heterocycles. The topological polar surface area (TPSA) is 52.6 Å². The van der Waals surface area contributed by atoms with Crippen molar-refractivity contribution in [3.63, 3.8) is 0 Å². The molecule has 1 fully saturated rings. The Kier molecular flexibility index (Phi) is 2.67. The fourth-order valence-corrected chi connectivity index (χ4v) is 1.36. The molecule has 1 atom stereocenters. The molecule has 78 valence electrons. The van der Waals surface area contributed by atoms with Crippen molar-refractivity contribution in [2.24, 2.45) is 0 Å². The van der Waals surface area contributed by atoms with Crippen LogP contribution in [0.3, 0.4) is 0 Å². The lowest BCUT2D eigenvalue weighted by Gasteiger charge is -2.08. The van der Waals surface area contributed by atoms with E-state index in [1.165, 1.54) is 0 Å². The highest BCUT2D eigenvalue weighted by Gasteiger charge is 2.27. The van der Waals surface area contributed by atoms with Crippen LogP contribution in [-0.4, -0.2) is 24.6 Å². The zero-order valence-corrected chi connectivity index (χ0v) is 8.01. The molecule has 0 aliphatic carbocycles. The van der Waals surface area contributed by atoms with Gasteiger partial charge in [-0.2, -0.15) is 0 Å². The van der Waals surface area contributed by atoms with Crippen molar-refractivity contribution in [1.82, 2.24) is 0 Å². The van der Waals surface area contributed by atoms with Crippen LogP contribution in [0.2, 0.25) is 0 Å². The van der Waals surface area contributed by atoms with Crippen molar-refractivity contribution < 1.29 is 19.1 Å². The van der Waals surface area contributed by atoms with E-state index in [2.05, 4.69) is 4.74 Å². The summed E-state index contributed by atoms with van der Waals surface area (Å²) in [6, 6.07) is 8.67. The first-order valence-corrected chi connectivity index (χ1v) is 4.67. The predicted octanol–water partition coefficient (Wildman–Crippen LogP) is 1.16. The quantitative estimate of drug-likeness (QED) is 0.681. The van der Waals surface area contributed by atoms with E-state index in [9.17, 15) is 9.59 Å². The lowest BCUT2D eigenvalue weighted by molar-refractivity contribution is -0.137. The molecule has 1 aliphatic rings. The average molecular weight is 206 g/mol. The van der Waals surface area contributed by atoms with Gasteiger partial charge in [0, 0.05) is 0 Å². The molecule has 1 aromatic carbocycles. The molecule has 0 bridgehead atoms. The largest absolute Gasteiger partial charge is 0.462 e. The summed E-state index contributed by atoms with van der Waals surface area (Å²) in [6.07, 6.45) is -0.288. The Bertz CT molecular complexity index is 371. The van der Waals surface area contributed by atoms with Crippen LogP contribution >= 0.6 is 0 Å². The maximum Gasteiger partial charge on any atom is 0.338 e. The highest BCUT2D eigenvalue weighted by Crippen LogP contribution is 2.12. The Morgan fingerprint density at radius 3 is 2.67 bits per heavy atom. The molecular weight excluding hydrogens is 196 g/mol. The number of esters is 2. The Morgan fingerprint density at radius 2 is 2.07 bits per heavy atom. The van der Waals surface area contributed by atoms with Gasteiger partial charge in [-0.15, -0.1) is 0 Å². The van der Waals surface area contributed by atoms with Crippen molar-refractivity contribution >= 4 is 11.9 Å². The van der Waals surface area contributed by atoms with Gasteiger partial charge in [0.1, 0.15) is 12.7 Å². The molecule has 1 unspecified atom stereocenters. The molecule has 2 rings (SSSR count). The average Bonchev–Trinajstić information content (AvgIpc) is 2.65. The first-order chi connectivity index (χ1) is 7.25. The summed E-state index contributed by atoms with van der Waals surface area (Å²) in [7, 11) is 0. The van der Waals surface area contributed by atoms with Gasteiger partial charge in [0.05, 0.1) is 12.0 Å².